The van der Waals surface area contributed by atoms with Gasteiger partial charge in [0.1, 0.15) is 0 Å². The van der Waals surface area contributed by atoms with Crippen molar-refractivity contribution >= 4 is 17.7 Å². The zero-order valence-electron chi connectivity index (χ0n) is 9.95. The molecule has 0 aromatic carbocycles. The maximum Gasteiger partial charge on any atom is 0.374 e. The number of ether oxygens (including phenoxy) is 2. The summed E-state index contributed by atoms with van der Waals surface area (Å²) in [5, 5.41) is 0. The lowest BCUT2D eigenvalue weighted by Gasteiger charge is -2.11. The Morgan fingerprint density at radius 3 is 2.00 bits per heavy atom. The molecular formula is C11H18O5. The summed E-state index contributed by atoms with van der Waals surface area (Å²) in [5.74, 6) is -2.56. The molecule has 0 N–H and O–H groups in total. The normalized spacial score (nSPS) is 11.7. The van der Waals surface area contributed by atoms with Gasteiger partial charge in [-0.25, -0.2) is 4.79 Å². The Kier molecular flexibility index (Phi) is 7.16. The molecule has 5 heteroatoms. The van der Waals surface area contributed by atoms with E-state index in [0.717, 1.165) is 0 Å². The molecule has 1 unspecified atom stereocenters. The predicted octanol–water partition coefficient (Wildman–Crippen LogP) is 1.10. The number of esters is 2. The van der Waals surface area contributed by atoms with Gasteiger partial charge in [0.25, 0.3) is 0 Å². The van der Waals surface area contributed by atoms with E-state index in [4.69, 9.17) is 4.74 Å². The van der Waals surface area contributed by atoms with Gasteiger partial charge < -0.3 is 9.47 Å². The quantitative estimate of drug-likeness (QED) is 0.484. The van der Waals surface area contributed by atoms with Crippen LogP contribution in [-0.2, 0) is 23.9 Å². The third kappa shape index (κ3) is 4.91. The summed E-state index contributed by atoms with van der Waals surface area (Å²) in [5.41, 5.74) is 0. The first-order valence-electron chi connectivity index (χ1n) is 5.43. The topological polar surface area (TPSA) is 69.7 Å². The van der Waals surface area contributed by atoms with E-state index in [2.05, 4.69) is 4.74 Å². The summed E-state index contributed by atoms with van der Waals surface area (Å²) < 4.78 is 9.34. The van der Waals surface area contributed by atoms with Crippen LogP contribution < -0.4 is 0 Å². The first kappa shape index (κ1) is 14.6. The van der Waals surface area contributed by atoms with E-state index >= 15 is 0 Å². The minimum absolute atomic E-state index is 0.145. The number of hydrogen-bond donors (Lipinski definition) is 0. The van der Waals surface area contributed by atoms with Gasteiger partial charge >= 0.3 is 11.9 Å². The van der Waals surface area contributed by atoms with Gasteiger partial charge in [0, 0.05) is 6.42 Å². The minimum atomic E-state index is -0.884. The van der Waals surface area contributed by atoms with E-state index in [1.807, 2.05) is 0 Å². The largest absolute Gasteiger partial charge is 0.466 e. The van der Waals surface area contributed by atoms with Gasteiger partial charge in [0.15, 0.2) is 0 Å². The molecule has 0 radical (unpaired) electrons. The van der Waals surface area contributed by atoms with Crippen LogP contribution in [0.25, 0.3) is 0 Å². The summed E-state index contributed by atoms with van der Waals surface area (Å²) in [6.07, 6.45) is 0.318. The molecule has 0 amide bonds. The van der Waals surface area contributed by atoms with Gasteiger partial charge in [0.05, 0.1) is 19.1 Å². The fourth-order valence-electron chi connectivity index (χ4n) is 1.17. The molecule has 0 aliphatic rings. The monoisotopic (exact) mass is 230 g/mol. The summed E-state index contributed by atoms with van der Waals surface area (Å²) in [4.78, 5) is 33.7. The Bertz CT molecular complexity index is 259. The van der Waals surface area contributed by atoms with Crippen molar-refractivity contribution in [3.63, 3.8) is 0 Å². The average Bonchev–Trinajstić information content (AvgIpc) is 2.26. The lowest BCUT2D eigenvalue weighted by molar-refractivity contribution is -0.156. The van der Waals surface area contributed by atoms with Crippen molar-refractivity contribution in [3.8, 4) is 0 Å². The Morgan fingerprint density at radius 1 is 1.00 bits per heavy atom. The van der Waals surface area contributed by atoms with Crippen molar-refractivity contribution in [2.75, 3.05) is 13.2 Å². The summed E-state index contributed by atoms with van der Waals surface area (Å²) in [6.45, 7) is 5.50. The third-order valence-corrected chi connectivity index (χ3v) is 2.05. The van der Waals surface area contributed by atoms with Gasteiger partial charge in [-0.1, -0.05) is 6.92 Å². The van der Waals surface area contributed by atoms with Gasteiger partial charge in [-0.15, -0.1) is 0 Å². The molecule has 0 saturated heterocycles. The number of Topliss-reactive ketones (excluding diaryl/α,β-unsaturated/α-hetero) is 1. The number of carbonyl (C=O) groups excluding carboxylic acids is 3. The maximum absolute atomic E-state index is 11.4. The van der Waals surface area contributed by atoms with Gasteiger partial charge in [0.2, 0.25) is 5.78 Å². The van der Waals surface area contributed by atoms with Crippen LogP contribution in [0, 0.1) is 5.92 Å². The highest BCUT2D eigenvalue weighted by Crippen LogP contribution is 2.11. The number of ketones is 1. The SMILES string of the molecule is CCOC(=O)C(=O)CC(CC)C(=O)OCC. The molecular weight excluding hydrogens is 212 g/mol. The van der Waals surface area contributed by atoms with Crippen LogP contribution in [0.3, 0.4) is 0 Å². The van der Waals surface area contributed by atoms with E-state index in [1.165, 1.54) is 0 Å². The molecule has 0 fully saturated rings. The fraction of sp³-hybridized carbons (Fsp3) is 0.727. The summed E-state index contributed by atoms with van der Waals surface area (Å²) in [6, 6.07) is 0. The molecule has 16 heavy (non-hydrogen) atoms. The zero-order valence-corrected chi connectivity index (χ0v) is 9.95. The van der Waals surface area contributed by atoms with Gasteiger partial charge in [-0.05, 0) is 20.3 Å². The molecule has 0 saturated carbocycles. The van der Waals surface area contributed by atoms with Crippen LogP contribution in [0.2, 0.25) is 0 Å². The number of hydrogen-bond acceptors (Lipinski definition) is 5. The first-order chi connectivity index (χ1) is 7.56. The van der Waals surface area contributed by atoms with Crippen LogP contribution >= 0.6 is 0 Å². The summed E-state index contributed by atoms with van der Waals surface area (Å²) in [7, 11) is 0. The van der Waals surface area contributed by atoms with Crippen molar-refractivity contribution in [2.24, 2.45) is 5.92 Å². The van der Waals surface area contributed by atoms with Crippen molar-refractivity contribution in [3.05, 3.63) is 0 Å². The smallest absolute Gasteiger partial charge is 0.374 e. The Hall–Kier alpha value is -1.39. The molecule has 0 aromatic rings. The number of carbonyl (C=O) groups is 3. The fourth-order valence-corrected chi connectivity index (χ4v) is 1.17. The molecule has 0 rings (SSSR count). The Morgan fingerprint density at radius 2 is 1.56 bits per heavy atom. The van der Waals surface area contributed by atoms with Crippen molar-refractivity contribution in [1.82, 2.24) is 0 Å². The van der Waals surface area contributed by atoms with E-state index in [1.54, 1.807) is 20.8 Å². The second-order valence-electron chi connectivity index (χ2n) is 3.20. The van der Waals surface area contributed by atoms with E-state index in [0.29, 0.717) is 6.42 Å². The Labute approximate surface area is 95.1 Å². The van der Waals surface area contributed by atoms with Crippen molar-refractivity contribution in [2.45, 2.75) is 33.6 Å². The molecule has 5 nitrogen and oxygen atoms in total. The molecule has 0 aliphatic carbocycles. The highest BCUT2D eigenvalue weighted by molar-refractivity contribution is 6.33. The first-order valence-corrected chi connectivity index (χ1v) is 5.43. The summed E-state index contributed by atoms with van der Waals surface area (Å²) >= 11 is 0. The van der Waals surface area contributed by atoms with E-state index in [-0.39, 0.29) is 19.6 Å². The molecule has 0 bridgehead atoms. The van der Waals surface area contributed by atoms with Crippen LogP contribution in [0.15, 0.2) is 0 Å². The van der Waals surface area contributed by atoms with Crippen LogP contribution in [0.4, 0.5) is 0 Å². The van der Waals surface area contributed by atoms with Crippen molar-refractivity contribution < 1.29 is 23.9 Å². The van der Waals surface area contributed by atoms with Crippen molar-refractivity contribution in [1.29, 1.82) is 0 Å². The zero-order chi connectivity index (χ0) is 12.6. The molecule has 0 spiro atoms. The highest BCUT2D eigenvalue weighted by atomic mass is 16.5. The van der Waals surface area contributed by atoms with E-state index < -0.39 is 23.6 Å². The molecule has 92 valence electrons. The maximum atomic E-state index is 11.4. The number of rotatable bonds is 7. The molecule has 0 heterocycles. The van der Waals surface area contributed by atoms with Gasteiger partial charge in [-0.3, -0.25) is 9.59 Å². The van der Waals surface area contributed by atoms with Crippen LogP contribution in [0.5, 0.6) is 0 Å². The highest BCUT2D eigenvalue weighted by Gasteiger charge is 2.25. The lowest BCUT2D eigenvalue weighted by atomic mass is 10.00. The second kappa shape index (κ2) is 7.84. The third-order valence-electron chi connectivity index (χ3n) is 2.05. The molecule has 0 aromatic heterocycles. The molecule has 0 aliphatic heterocycles. The molecule has 1 atom stereocenters. The standard InChI is InChI=1S/C11H18O5/c1-4-8(10(13)15-5-2)7-9(12)11(14)16-6-3/h8H,4-7H2,1-3H3. The van der Waals surface area contributed by atoms with Gasteiger partial charge in [-0.2, -0.15) is 0 Å². The Balaban J connectivity index is 4.26. The predicted molar refractivity (Wildman–Crippen MR) is 56.7 cm³/mol. The second-order valence-corrected chi connectivity index (χ2v) is 3.20. The van der Waals surface area contributed by atoms with E-state index in [9.17, 15) is 14.4 Å². The van der Waals surface area contributed by atoms with Crippen LogP contribution in [0.1, 0.15) is 33.6 Å². The average molecular weight is 230 g/mol. The lowest BCUT2D eigenvalue weighted by Crippen LogP contribution is -2.25. The van der Waals surface area contributed by atoms with Crippen LogP contribution in [-0.4, -0.2) is 30.9 Å². The minimum Gasteiger partial charge on any atom is -0.466 e.